The van der Waals surface area contributed by atoms with Crippen LogP contribution < -0.4 is 4.90 Å². The molecule has 0 spiro atoms. The first kappa shape index (κ1) is 12.8. The molecule has 7 heteroatoms. The molecule has 2 aromatic rings. The van der Waals surface area contributed by atoms with E-state index in [1.165, 1.54) is 0 Å². The Bertz CT molecular complexity index is 578. The van der Waals surface area contributed by atoms with Crippen molar-refractivity contribution in [3.05, 3.63) is 22.7 Å². The van der Waals surface area contributed by atoms with E-state index in [9.17, 15) is 0 Å². The number of hydrogen-bond acceptors (Lipinski definition) is 4. The Morgan fingerprint density at radius 3 is 2.78 bits per heavy atom. The summed E-state index contributed by atoms with van der Waals surface area (Å²) in [6.07, 6.45) is 3.86. The maximum atomic E-state index is 5.24. The summed E-state index contributed by atoms with van der Waals surface area (Å²) >= 11 is 5.24. The molecular weight excluding hydrogens is 248 g/mol. The fourth-order valence-corrected chi connectivity index (χ4v) is 2.27. The molecule has 6 nitrogen and oxygen atoms in total. The number of anilines is 1. The highest BCUT2D eigenvalue weighted by Gasteiger charge is 2.14. The molecule has 0 saturated carbocycles. The first-order valence-corrected chi connectivity index (χ1v) is 6.25. The van der Waals surface area contributed by atoms with Crippen LogP contribution in [-0.2, 0) is 13.6 Å². The highest BCUT2D eigenvalue weighted by molar-refractivity contribution is 7.71. The lowest BCUT2D eigenvalue weighted by molar-refractivity contribution is 0.583. The lowest BCUT2D eigenvalue weighted by Gasteiger charge is -2.19. The smallest absolute Gasteiger partial charge is 0.226 e. The molecule has 0 atom stereocenters. The van der Waals surface area contributed by atoms with Crippen molar-refractivity contribution in [3.8, 4) is 0 Å². The third-order valence-electron chi connectivity index (χ3n) is 2.72. The molecule has 0 aromatic carbocycles. The van der Waals surface area contributed by atoms with Gasteiger partial charge >= 0.3 is 0 Å². The number of aromatic nitrogens is 5. The summed E-state index contributed by atoms with van der Waals surface area (Å²) in [5.74, 6) is 0.846. The predicted molar refractivity (Wildman–Crippen MR) is 73.1 cm³/mol. The minimum absolute atomic E-state index is 0.280. The molecule has 2 aromatic heterocycles. The number of nitrogens with one attached hydrogen (secondary N) is 1. The molecule has 0 radical (unpaired) electrons. The number of rotatable bonds is 4. The van der Waals surface area contributed by atoms with E-state index in [1.54, 1.807) is 4.68 Å². The molecule has 98 valence electrons. The second-order valence-electron chi connectivity index (χ2n) is 4.67. The lowest BCUT2D eigenvalue weighted by atomic mass is 10.3. The second kappa shape index (κ2) is 4.93. The molecule has 0 fully saturated rings. The second-order valence-corrected chi connectivity index (χ2v) is 5.06. The van der Waals surface area contributed by atoms with Gasteiger partial charge in [-0.1, -0.05) is 0 Å². The zero-order valence-electron chi connectivity index (χ0n) is 11.1. The minimum atomic E-state index is 0.280. The van der Waals surface area contributed by atoms with Crippen molar-refractivity contribution in [2.75, 3.05) is 11.9 Å². The summed E-state index contributed by atoms with van der Waals surface area (Å²) in [6.45, 7) is 4.93. The predicted octanol–water partition coefficient (Wildman–Crippen LogP) is 1.89. The third kappa shape index (κ3) is 2.45. The van der Waals surface area contributed by atoms with Crippen LogP contribution in [0.1, 0.15) is 25.5 Å². The van der Waals surface area contributed by atoms with Gasteiger partial charge in [0.05, 0.1) is 6.20 Å². The van der Waals surface area contributed by atoms with Gasteiger partial charge in [0.1, 0.15) is 0 Å². The molecule has 0 unspecified atom stereocenters. The number of aromatic amines is 1. The fourth-order valence-electron chi connectivity index (χ4n) is 1.93. The van der Waals surface area contributed by atoms with E-state index in [-0.39, 0.29) is 6.04 Å². The Kier molecular flexibility index (Phi) is 3.51. The highest BCUT2D eigenvalue weighted by atomic mass is 32.1. The van der Waals surface area contributed by atoms with Gasteiger partial charge in [0.15, 0.2) is 4.77 Å². The van der Waals surface area contributed by atoms with E-state index in [4.69, 9.17) is 12.2 Å². The normalized spacial score (nSPS) is 11.2. The summed E-state index contributed by atoms with van der Waals surface area (Å²) in [5, 5.41) is 11.3. The molecule has 0 bridgehead atoms. The zero-order chi connectivity index (χ0) is 13.3. The summed E-state index contributed by atoms with van der Waals surface area (Å²) in [7, 11) is 3.91. The van der Waals surface area contributed by atoms with Crippen molar-refractivity contribution in [2.45, 2.75) is 26.4 Å². The zero-order valence-corrected chi connectivity index (χ0v) is 11.9. The van der Waals surface area contributed by atoms with Crippen molar-refractivity contribution in [2.24, 2.45) is 7.05 Å². The molecule has 0 saturated heterocycles. The van der Waals surface area contributed by atoms with Crippen LogP contribution in [0.2, 0.25) is 0 Å². The Morgan fingerprint density at radius 2 is 2.22 bits per heavy atom. The molecule has 18 heavy (non-hydrogen) atoms. The fraction of sp³-hybridized carbons (Fsp3) is 0.545. The third-order valence-corrected chi connectivity index (χ3v) is 3.01. The largest absolute Gasteiger partial charge is 0.340 e. The van der Waals surface area contributed by atoms with Crippen molar-refractivity contribution in [3.63, 3.8) is 0 Å². The lowest BCUT2D eigenvalue weighted by Crippen LogP contribution is -2.21. The van der Waals surface area contributed by atoms with Gasteiger partial charge in [0.25, 0.3) is 0 Å². The van der Waals surface area contributed by atoms with E-state index < -0.39 is 0 Å². The number of H-pyrrole nitrogens is 1. The minimum Gasteiger partial charge on any atom is -0.340 e. The van der Waals surface area contributed by atoms with Gasteiger partial charge < -0.3 is 4.90 Å². The van der Waals surface area contributed by atoms with Crippen molar-refractivity contribution < 1.29 is 0 Å². The summed E-state index contributed by atoms with van der Waals surface area (Å²) < 4.78 is 4.45. The first-order valence-electron chi connectivity index (χ1n) is 5.84. The maximum Gasteiger partial charge on any atom is 0.226 e. The van der Waals surface area contributed by atoms with Crippen LogP contribution in [0, 0.1) is 4.77 Å². The average molecular weight is 266 g/mol. The van der Waals surface area contributed by atoms with Crippen LogP contribution in [0.3, 0.4) is 0 Å². The molecule has 0 aliphatic heterocycles. The van der Waals surface area contributed by atoms with Crippen LogP contribution in [0.25, 0.3) is 0 Å². The van der Waals surface area contributed by atoms with E-state index in [1.807, 2.05) is 31.1 Å². The van der Waals surface area contributed by atoms with Crippen LogP contribution in [0.15, 0.2) is 12.4 Å². The Hall–Kier alpha value is -1.63. The van der Waals surface area contributed by atoms with Gasteiger partial charge in [-0.2, -0.15) is 5.10 Å². The molecule has 2 rings (SSSR count). The molecule has 0 aliphatic rings. The van der Waals surface area contributed by atoms with Crippen LogP contribution in [0.5, 0.6) is 0 Å². The number of nitrogens with zero attached hydrogens (tertiary/aromatic N) is 5. The number of aryl methyl sites for hydroxylation is 1. The van der Waals surface area contributed by atoms with Gasteiger partial charge in [-0.15, -0.1) is 5.10 Å². The van der Waals surface area contributed by atoms with E-state index in [0.717, 1.165) is 18.1 Å². The quantitative estimate of drug-likeness (QED) is 0.859. The topological polar surface area (TPSA) is 54.7 Å². The molecule has 1 N–H and O–H groups in total. The summed E-state index contributed by atoms with van der Waals surface area (Å²) in [6, 6.07) is 0.280. The standard InChI is InChI=1S/C11H18N6S/c1-8(2)17-10(13-14-11(17)18)15(3)6-9-5-12-16(4)7-9/h5,7-8H,6H2,1-4H3,(H,14,18). The first-order chi connectivity index (χ1) is 8.49. The molecule has 0 aliphatic carbocycles. The van der Waals surface area contributed by atoms with Gasteiger partial charge in [-0.3, -0.25) is 9.25 Å². The van der Waals surface area contributed by atoms with Gasteiger partial charge in [-0.05, 0) is 26.1 Å². The van der Waals surface area contributed by atoms with Crippen LogP contribution in [0.4, 0.5) is 5.95 Å². The maximum absolute atomic E-state index is 5.24. The van der Waals surface area contributed by atoms with Gasteiger partial charge in [0.2, 0.25) is 5.95 Å². The average Bonchev–Trinajstić information content (AvgIpc) is 2.84. The van der Waals surface area contributed by atoms with Crippen molar-refractivity contribution >= 4 is 18.2 Å². The summed E-state index contributed by atoms with van der Waals surface area (Å²) in [5.41, 5.74) is 1.14. The van der Waals surface area contributed by atoms with E-state index in [0.29, 0.717) is 4.77 Å². The Morgan fingerprint density at radius 1 is 1.50 bits per heavy atom. The van der Waals surface area contributed by atoms with E-state index in [2.05, 4.69) is 34.0 Å². The van der Waals surface area contributed by atoms with Gasteiger partial charge in [0, 0.05) is 38.4 Å². The van der Waals surface area contributed by atoms with E-state index >= 15 is 0 Å². The highest BCUT2D eigenvalue weighted by Crippen LogP contribution is 2.17. The monoisotopic (exact) mass is 266 g/mol. The molecule has 0 amide bonds. The van der Waals surface area contributed by atoms with Crippen molar-refractivity contribution in [1.82, 2.24) is 24.5 Å². The van der Waals surface area contributed by atoms with Crippen LogP contribution >= 0.6 is 12.2 Å². The molecular formula is C11H18N6S. The Labute approximate surface area is 111 Å². The summed E-state index contributed by atoms with van der Waals surface area (Å²) in [4.78, 5) is 2.06. The number of hydrogen-bond donors (Lipinski definition) is 1. The van der Waals surface area contributed by atoms with Crippen LogP contribution in [-0.4, -0.2) is 31.6 Å². The van der Waals surface area contributed by atoms with Gasteiger partial charge in [-0.25, -0.2) is 5.10 Å². The van der Waals surface area contributed by atoms with Crippen molar-refractivity contribution in [1.29, 1.82) is 0 Å². The molecule has 2 heterocycles. The Balaban J connectivity index is 2.24. The SMILES string of the molecule is CC(C)n1c(N(C)Cc2cnn(C)c2)n[nH]c1=S.